The molecule has 0 radical (unpaired) electrons. The second-order valence-corrected chi connectivity index (χ2v) is 16.8. The van der Waals surface area contributed by atoms with Gasteiger partial charge in [0.25, 0.3) is 5.91 Å². The van der Waals surface area contributed by atoms with E-state index in [0.29, 0.717) is 41.0 Å². The highest BCUT2D eigenvalue weighted by atomic mass is 19.1. The van der Waals surface area contributed by atoms with Crippen molar-refractivity contribution in [3.8, 4) is 22.4 Å². The molecule has 0 aliphatic carbocycles. The van der Waals surface area contributed by atoms with Gasteiger partial charge >= 0.3 is 0 Å². The lowest BCUT2D eigenvalue weighted by Crippen LogP contribution is -2.37. The zero-order chi connectivity index (χ0) is 47.5. The van der Waals surface area contributed by atoms with Gasteiger partial charge in [-0.25, -0.2) is 4.39 Å². The number of nitrogens with zero attached hydrogens (tertiary/aromatic N) is 2. The molecule has 0 aliphatic heterocycles. The molecule has 1 heterocycles. The lowest BCUT2D eigenvalue weighted by molar-refractivity contribution is -0.130. The third-order valence-electron chi connectivity index (χ3n) is 11.1. The first kappa shape index (κ1) is 52.5. The normalized spacial score (nSPS) is 12.9. The van der Waals surface area contributed by atoms with E-state index in [4.69, 9.17) is 0 Å². The van der Waals surface area contributed by atoms with Crippen LogP contribution in [0.25, 0.3) is 22.4 Å². The first-order chi connectivity index (χ1) is 32.0. The van der Waals surface area contributed by atoms with Gasteiger partial charge in [0.2, 0.25) is 11.8 Å². The standard InChI is InChI=1S/C56H71FN4O5/c1-5-6-7-8-9-10-11-12-13-14-15-16-17-18-19-20-27-32-51(65)60(4)40-38-58-50(64)42-49(63)41-48(62)37-39-61-54(43(2)3)53(56(66)59-47-30-25-22-26-31-47)52(44-28-23-21-24-29-44)55(61)45-33-35-46(57)36-34-45/h6-7,9-10,12-13,15-16,18-19,21-26,28-31,33-36,43,48-49,62-63H,5,8,11,14,17,20,27,32,37-42H2,1-4H3,(H,58,64)(H,59,66). The van der Waals surface area contributed by atoms with Crippen LogP contribution in [0, 0.1) is 5.82 Å². The van der Waals surface area contributed by atoms with Gasteiger partial charge in [0.05, 0.1) is 29.9 Å². The molecule has 0 fully saturated rings. The molecule has 0 bridgehead atoms. The van der Waals surface area contributed by atoms with Crippen LogP contribution in [0.1, 0.15) is 113 Å². The summed E-state index contributed by atoms with van der Waals surface area (Å²) >= 11 is 0. The molecule has 66 heavy (non-hydrogen) atoms. The van der Waals surface area contributed by atoms with Crippen molar-refractivity contribution in [1.82, 2.24) is 14.8 Å². The summed E-state index contributed by atoms with van der Waals surface area (Å²) in [4.78, 5) is 41.4. The molecule has 4 rings (SSSR count). The predicted octanol–water partition coefficient (Wildman–Crippen LogP) is 11.7. The number of carbonyl (C=O) groups is 3. The van der Waals surface area contributed by atoms with Crippen LogP contribution >= 0.6 is 0 Å². The average Bonchev–Trinajstić information content (AvgIpc) is 3.65. The number of anilines is 1. The maximum atomic E-state index is 14.3. The van der Waals surface area contributed by atoms with E-state index in [1.165, 1.54) is 12.1 Å². The zero-order valence-corrected chi connectivity index (χ0v) is 39.4. The maximum Gasteiger partial charge on any atom is 0.258 e. The smallest absolute Gasteiger partial charge is 0.258 e. The van der Waals surface area contributed by atoms with Crippen molar-refractivity contribution in [2.45, 2.75) is 116 Å². The molecule has 9 nitrogen and oxygen atoms in total. The van der Waals surface area contributed by atoms with E-state index in [-0.39, 0.29) is 61.8 Å². The second-order valence-electron chi connectivity index (χ2n) is 16.8. The molecular formula is C56H71FN4O5. The Bertz CT molecular complexity index is 2220. The van der Waals surface area contributed by atoms with Gasteiger partial charge in [0.15, 0.2) is 0 Å². The quantitative estimate of drug-likeness (QED) is 0.0334. The molecule has 0 spiro atoms. The summed E-state index contributed by atoms with van der Waals surface area (Å²) in [7, 11) is 1.72. The van der Waals surface area contributed by atoms with Crippen molar-refractivity contribution < 1.29 is 29.0 Å². The SMILES string of the molecule is CCC=CCC=CCC=CCC=CCC=CCCCC(=O)N(C)CCNC(=O)CC(O)CC(O)CCn1c(-c2ccc(F)cc2)c(-c2ccccc2)c(C(=O)Nc2ccccc2)c1C(C)C. The number of aromatic nitrogens is 1. The second kappa shape index (κ2) is 29.4. The first-order valence-corrected chi connectivity index (χ1v) is 23.6. The van der Waals surface area contributed by atoms with Gasteiger partial charge in [-0.15, -0.1) is 0 Å². The monoisotopic (exact) mass is 899 g/mol. The summed E-state index contributed by atoms with van der Waals surface area (Å²) in [5, 5.41) is 28.0. The summed E-state index contributed by atoms with van der Waals surface area (Å²) in [6.45, 7) is 7.02. The number of hydrogen-bond acceptors (Lipinski definition) is 5. The van der Waals surface area contributed by atoms with E-state index >= 15 is 0 Å². The van der Waals surface area contributed by atoms with Crippen molar-refractivity contribution in [2.24, 2.45) is 0 Å². The van der Waals surface area contributed by atoms with Crippen molar-refractivity contribution >= 4 is 23.4 Å². The van der Waals surface area contributed by atoms with E-state index in [1.807, 2.05) is 79.1 Å². The molecule has 4 N–H and O–H groups in total. The van der Waals surface area contributed by atoms with Crippen LogP contribution in [0.5, 0.6) is 0 Å². The molecule has 4 aromatic rings. The molecule has 2 atom stereocenters. The number of aliphatic hydroxyl groups is 2. The van der Waals surface area contributed by atoms with Gasteiger partial charge in [0, 0.05) is 50.0 Å². The van der Waals surface area contributed by atoms with Crippen molar-refractivity contribution in [1.29, 1.82) is 0 Å². The number of unbranched alkanes of at least 4 members (excludes halogenated alkanes) is 1. The molecular weight excluding hydrogens is 828 g/mol. The molecule has 1 aromatic heterocycles. The van der Waals surface area contributed by atoms with Crippen LogP contribution in [0.2, 0.25) is 0 Å². The summed E-state index contributed by atoms with van der Waals surface area (Å²) in [5.41, 5.74) is 4.80. The minimum atomic E-state index is -1.10. The van der Waals surface area contributed by atoms with Crippen LogP contribution in [0.4, 0.5) is 10.1 Å². The first-order valence-electron chi connectivity index (χ1n) is 23.6. The van der Waals surface area contributed by atoms with E-state index in [9.17, 15) is 29.0 Å². The van der Waals surface area contributed by atoms with Crippen LogP contribution in [0.3, 0.4) is 0 Å². The third kappa shape index (κ3) is 18.1. The number of aliphatic hydroxyl groups excluding tert-OH is 2. The van der Waals surface area contributed by atoms with Gasteiger partial charge in [-0.2, -0.15) is 0 Å². The fourth-order valence-corrected chi connectivity index (χ4v) is 7.71. The lowest BCUT2D eigenvalue weighted by Gasteiger charge is -2.21. The number of halogens is 1. The number of allylic oxidation sites excluding steroid dienone is 10. The Morgan fingerprint density at radius 2 is 1.32 bits per heavy atom. The number of para-hydroxylation sites is 1. The third-order valence-corrected chi connectivity index (χ3v) is 11.1. The Labute approximate surface area is 392 Å². The highest BCUT2D eigenvalue weighted by Crippen LogP contribution is 2.42. The minimum Gasteiger partial charge on any atom is -0.393 e. The highest BCUT2D eigenvalue weighted by molar-refractivity contribution is 6.12. The topological polar surface area (TPSA) is 124 Å². The molecule has 0 saturated heterocycles. The fourth-order valence-electron chi connectivity index (χ4n) is 7.71. The Morgan fingerprint density at radius 1 is 0.742 bits per heavy atom. The number of likely N-dealkylation sites (N-methyl/N-ethyl adjacent to an activating group) is 1. The van der Waals surface area contributed by atoms with Crippen molar-refractivity contribution in [2.75, 3.05) is 25.5 Å². The van der Waals surface area contributed by atoms with Gasteiger partial charge in [-0.05, 0) is 111 Å². The number of nitrogens with one attached hydrogen (secondary N) is 2. The van der Waals surface area contributed by atoms with E-state index in [0.717, 1.165) is 56.2 Å². The molecule has 352 valence electrons. The summed E-state index contributed by atoms with van der Waals surface area (Å²) in [5.74, 6) is -1.18. The van der Waals surface area contributed by atoms with E-state index in [2.05, 4.69) is 78.3 Å². The van der Waals surface area contributed by atoms with Crippen LogP contribution in [-0.2, 0) is 16.1 Å². The van der Waals surface area contributed by atoms with Gasteiger partial charge in [-0.1, -0.05) is 130 Å². The van der Waals surface area contributed by atoms with Gasteiger partial charge < -0.3 is 30.3 Å². The van der Waals surface area contributed by atoms with Gasteiger partial charge in [0.1, 0.15) is 5.82 Å². The van der Waals surface area contributed by atoms with E-state index < -0.39 is 12.2 Å². The molecule has 0 saturated carbocycles. The molecule has 10 heteroatoms. The molecule has 3 aromatic carbocycles. The van der Waals surface area contributed by atoms with Crippen LogP contribution < -0.4 is 10.6 Å². The average molecular weight is 899 g/mol. The Morgan fingerprint density at radius 3 is 1.91 bits per heavy atom. The lowest BCUT2D eigenvalue weighted by atomic mass is 9.94. The zero-order valence-electron chi connectivity index (χ0n) is 39.4. The molecule has 3 amide bonds. The number of carbonyl (C=O) groups excluding carboxylic acids is 3. The van der Waals surface area contributed by atoms with Crippen LogP contribution in [0.15, 0.2) is 146 Å². The summed E-state index contributed by atoms with van der Waals surface area (Å²) in [6.07, 6.45) is 26.3. The van der Waals surface area contributed by atoms with E-state index in [1.54, 1.807) is 24.1 Å². The van der Waals surface area contributed by atoms with Crippen molar-refractivity contribution in [3.05, 3.63) is 163 Å². The van der Waals surface area contributed by atoms with Crippen molar-refractivity contribution in [3.63, 3.8) is 0 Å². The summed E-state index contributed by atoms with van der Waals surface area (Å²) in [6, 6.07) is 25.0. The van der Waals surface area contributed by atoms with Crippen LogP contribution in [-0.4, -0.2) is 69.7 Å². The highest BCUT2D eigenvalue weighted by Gasteiger charge is 2.31. The Hall–Kier alpha value is -6.10. The Kier molecular flexibility index (Phi) is 23.4. The number of benzene rings is 3. The molecule has 0 aliphatic rings. The maximum absolute atomic E-state index is 14.3. The summed E-state index contributed by atoms with van der Waals surface area (Å²) < 4.78 is 16.3. The predicted molar refractivity (Wildman–Crippen MR) is 269 cm³/mol. The largest absolute Gasteiger partial charge is 0.393 e. The minimum absolute atomic E-state index is 0.00509. The number of amides is 3. The Balaban J connectivity index is 1.26. The number of rotatable bonds is 28. The fraction of sp³-hybridized carbons (Fsp3) is 0.375. The molecule has 2 unspecified atom stereocenters. The number of hydrogen-bond donors (Lipinski definition) is 4. The van der Waals surface area contributed by atoms with Gasteiger partial charge in [-0.3, -0.25) is 14.4 Å².